The Bertz CT molecular complexity index is 603. The van der Waals surface area contributed by atoms with Gasteiger partial charge in [0.05, 0.1) is 9.92 Å². The molecule has 4 nitrogen and oxygen atoms in total. The van der Waals surface area contributed by atoms with Crippen molar-refractivity contribution < 1.29 is 8.42 Å². The first-order valence-corrected chi connectivity index (χ1v) is 9.16. The molecule has 1 rings (SSSR count). The summed E-state index contributed by atoms with van der Waals surface area (Å²) in [6, 6.07) is 4.25. The van der Waals surface area contributed by atoms with Crippen LogP contribution in [0, 0.1) is 0 Å². The number of halogens is 1. The predicted octanol–water partition coefficient (Wildman–Crippen LogP) is 3.22. The zero-order valence-electron chi connectivity index (χ0n) is 12.2. The Hall–Kier alpha value is -0.690. The van der Waals surface area contributed by atoms with Gasteiger partial charge in [-0.25, -0.2) is 13.1 Å². The molecule has 0 aromatic heterocycles. The van der Waals surface area contributed by atoms with E-state index in [2.05, 4.69) is 11.6 Å². The van der Waals surface area contributed by atoms with E-state index in [0.717, 1.165) is 25.7 Å². The lowest BCUT2D eigenvalue weighted by atomic mass is 10.1. The van der Waals surface area contributed by atoms with Crippen molar-refractivity contribution in [3.63, 3.8) is 0 Å². The summed E-state index contributed by atoms with van der Waals surface area (Å²) in [4.78, 5) is 0.264. The van der Waals surface area contributed by atoms with Gasteiger partial charge in [-0.1, -0.05) is 50.0 Å². The van der Waals surface area contributed by atoms with Crippen molar-refractivity contribution in [2.75, 3.05) is 0 Å². The number of rotatable bonds is 8. The predicted molar refractivity (Wildman–Crippen MR) is 91.3 cm³/mol. The summed E-state index contributed by atoms with van der Waals surface area (Å²) in [5.41, 5.74) is 5.98. The van der Waals surface area contributed by atoms with Gasteiger partial charge >= 0.3 is 0 Å². The SMILES string of the molecule is CCCCCC(C)NS(=O)(=O)c1ccc(C(N)=S)c(Cl)c1. The van der Waals surface area contributed by atoms with Gasteiger partial charge in [0.1, 0.15) is 4.99 Å². The van der Waals surface area contributed by atoms with Crippen LogP contribution >= 0.6 is 23.8 Å². The Morgan fingerprint density at radius 1 is 1.43 bits per heavy atom. The lowest BCUT2D eigenvalue weighted by Gasteiger charge is -2.14. The molecule has 1 aromatic carbocycles. The Kier molecular flexibility index (Phi) is 7.06. The van der Waals surface area contributed by atoms with Crippen LogP contribution in [-0.4, -0.2) is 19.4 Å². The van der Waals surface area contributed by atoms with Gasteiger partial charge < -0.3 is 5.73 Å². The van der Waals surface area contributed by atoms with Crippen LogP contribution in [0.1, 0.15) is 45.1 Å². The van der Waals surface area contributed by atoms with E-state index in [-0.39, 0.29) is 20.9 Å². The van der Waals surface area contributed by atoms with E-state index in [1.165, 1.54) is 18.2 Å². The summed E-state index contributed by atoms with van der Waals surface area (Å²) >= 11 is 10.9. The van der Waals surface area contributed by atoms with Crippen LogP contribution in [0.5, 0.6) is 0 Å². The first-order chi connectivity index (χ1) is 9.77. The molecule has 118 valence electrons. The molecule has 0 aliphatic heterocycles. The Labute approximate surface area is 137 Å². The topological polar surface area (TPSA) is 72.2 Å². The molecule has 0 spiro atoms. The average molecular weight is 349 g/mol. The molecule has 7 heteroatoms. The first kappa shape index (κ1) is 18.4. The number of hydrogen-bond donors (Lipinski definition) is 2. The van der Waals surface area contributed by atoms with Gasteiger partial charge in [0.25, 0.3) is 0 Å². The highest BCUT2D eigenvalue weighted by atomic mass is 35.5. The van der Waals surface area contributed by atoms with E-state index in [9.17, 15) is 8.42 Å². The third kappa shape index (κ3) is 5.54. The fourth-order valence-corrected chi connectivity index (χ4v) is 3.84. The van der Waals surface area contributed by atoms with Gasteiger partial charge in [0, 0.05) is 11.6 Å². The minimum Gasteiger partial charge on any atom is -0.389 e. The molecule has 0 saturated heterocycles. The van der Waals surface area contributed by atoms with Crippen LogP contribution in [0.25, 0.3) is 0 Å². The zero-order chi connectivity index (χ0) is 16.0. The van der Waals surface area contributed by atoms with Crippen molar-refractivity contribution in [2.24, 2.45) is 5.73 Å². The molecule has 1 atom stereocenters. The Morgan fingerprint density at radius 2 is 2.10 bits per heavy atom. The van der Waals surface area contributed by atoms with Crippen LogP contribution in [0.3, 0.4) is 0 Å². The monoisotopic (exact) mass is 348 g/mol. The lowest BCUT2D eigenvalue weighted by molar-refractivity contribution is 0.527. The van der Waals surface area contributed by atoms with Crippen LogP contribution in [0.4, 0.5) is 0 Å². The van der Waals surface area contributed by atoms with E-state index in [0.29, 0.717) is 5.56 Å². The van der Waals surface area contributed by atoms with Crippen LogP contribution in [0.2, 0.25) is 5.02 Å². The van der Waals surface area contributed by atoms with Gasteiger partial charge in [-0.15, -0.1) is 0 Å². The minimum atomic E-state index is -3.58. The number of nitrogens with one attached hydrogen (secondary N) is 1. The number of benzene rings is 1. The maximum Gasteiger partial charge on any atom is 0.240 e. The largest absolute Gasteiger partial charge is 0.389 e. The highest BCUT2D eigenvalue weighted by Gasteiger charge is 2.18. The Balaban J connectivity index is 2.83. The number of hydrogen-bond acceptors (Lipinski definition) is 3. The van der Waals surface area contributed by atoms with Gasteiger partial charge in [-0.3, -0.25) is 0 Å². The van der Waals surface area contributed by atoms with Gasteiger partial charge in [-0.2, -0.15) is 0 Å². The number of sulfonamides is 1. The smallest absolute Gasteiger partial charge is 0.240 e. The van der Waals surface area contributed by atoms with E-state index in [1.807, 2.05) is 6.92 Å². The number of thiocarbonyl (C=S) groups is 1. The van der Waals surface area contributed by atoms with Gasteiger partial charge in [0.2, 0.25) is 10.0 Å². The third-order valence-corrected chi connectivity index (χ3v) is 5.23. The maximum atomic E-state index is 12.3. The molecule has 0 heterocycles. The lowest BCUT2D eigenvalue weighted by Crippen LogP contribution is -2.32. The highest BCUT2D eigenvalue weighted by Crippen LogP contribution is 2.21. The molecule has 0 aliphatic carbocycles. The van der Waals surface area contributed by atoms with Crippen LogP contribution < -0.4 is 10.5 Å². The number of nitrogens with two attached hydrogens (primary N) is 1. The highest BCUT2D eigenvalue weighted by molar-refractivity contribution is 7.89. The van der Waals surface area contributed by atoms with Crippen molar-refractivity contribution in [1.82, 2.24) is 4.72 Å². The molecule has 1 unspecified atom stereocenters. The molecule has 0 aliphatic rings. The van der Waals surface area contributed by atoms with E-state index < -0.39 is 10.0 Å². The molecular weight excluding hydrogens is 328 g/mol. The maximum absolute atomic E-state index is 12.3. The van der Waals surface area contributed by atoms with E-state index >= 15 is 0 Å². The molecule has 0 bridgehead atoms. The molecule has 0 amide bonds. The first-order valence-electron chi connectivity index (χ1n) is 6.89. The van der Waals surface area contributed by atoms with Gasteiger partial charge in [0.15, 0.2) is 0 Å². The van der Waals surface area contributed by atoms with Crippen LogP contribution in [-0.2, 0) is 10.0 Å². The van der Waals surface area contributed by atoms with E-state index in [4.69, 9.17) is 29.6 Å². The second kappa shape index (κ2) is 8.08. The third-order valence-electron chi connectivity index (χ3n) is 3.11. The average Bonchev–Trinajstić information content (AvgIpc) is 2.37. The van der Waals surface area contributed by atoms with Crippen molar-refractivity contribution in [1.29, 1.82) is 0 Å². The van der Waals surface area contributed by atoms with Gasteiger partial charge in [-0.05, 0) is 31.5 Å². The second-order valence-corrected chi connectivity index (χ2v) is 7.59. The summed E-state index contributed by atoms with van der Waals surface area (Å²) < 4.78 is 27.2. The minimum absolute atomic E-state index is 0.115. The van der Waals surface area contributed by atoms with Crippen LogP contribution in [0.15, 0.2) is 23.1 Å². The Morgan fingerprint density at radius 3 is 2.62 bits per heavy atom. The second-order valence-electron chi connectivity index (χ2n) is 5.02. The molecule has 3 N–H and O–H groups in total. The van der Waals surface area contributed by atoms with Crippen molar-refractivity contribution in [2.45, 2.75) is 50.5 Å². The summed E-state index contributed by atoms with van der Waals surface area (Å²) in [7, 11) is -3.58. The fraction of sp³-hybridized carbons (Fsp3) is 0.500. The number of unbranched alkanes of at least 4 members (excludes halogenated alkanes) is 2. The summed E-state index contributed by atoms with van der Waals surface area (Å²) in [5.74, 6) is 0. The fourth-order valence-electron chi connectivity index (χ4n) is 1.96. The summed E-state index contributed by atoms with van der Waals surface area (Å²) in [6.07, 6.45) is 4.02. The molecule has 0 saturated carbocycles. The quantitative estimate of drug-likeness (QED) is 0.559. The summed E-state index contributed by atoms with van der Waals surface area (Å²) in [6.45, 7) is 3.97. The molecular formula is C14H21ClN2O2S2. The molecule has 0 radical (unpaired) electrons. The van der Waals surface area contributed by atoms with E-state index in [1.54, 1.807) is 0 Å². The van der Waals surface area contributed by atoms with Crippen molar-refractivity contribution >= 4 is 38.8 Å². The molecule has 21 heavy (non-hydrogen) atoms. The van der Waals surface area contributed by atoms with Crippen molar-refractivity contribution in [3.8, 4) is 0 Å². The summed E-state index contributed by atoms with van der Waals surface area (Å²) in [5, 5.41) is 0.240. The molecule has 1 aromatic rings. The molecule has 0 fully saturated rings. The van der Waals surface area contributed by atoms with Crippen molar-refractivity contribution in [3.05, 3.63) is 28.8 Å². The zero-order valence-corrected chi connectivity index (χ0v) is 14.6. The standard InChI is InChI=1S/C14H21ClN2O2S2/c1-3-4-5-6-10(2)17-21(18,19)11-7-8-12(14(16)20)13(15)9-11/h7-10,17H,3-6H2,1-2H3,(H2,16,20). The normalized spacial score (nSPS) is 13.1.